The minimum atomic E-state index is -0.577. The number of carbonyl (C=O) groups excluding carboxylic acids is 1. The predicted molar refractivity (Wildman–Crippen MR) is 99.9 cm³/mol. The van der Waals surface area contributed by atoms with E-state index >= 15 is 0 Å². The van der Waals surface area contributed by atoms with Crippen LogP contribution < -0.4 is 10.1 Å². The van der Waals surface area contributed by atoms with E-state index in [9.17, 15) is 9.18 Å². The van der Waals surface area contributed by atoms with E-state index in [0.29, 0.717) is 12.3 Å². The fourth-order valence-corrected chi connectivity index (χ4v) is 3.32. The monoisotopic (exact) mass is 356 g/mol. The molecule has 0 saturated carbocycles. The van der Waals surface area contributed by atoms with Crippen LogP contribution in [0.15, 0.2) is 42.5 Å². The summed E-state index contributed by atoms with van der Waals surface area (Å²) in [6.45, 7) is 6.45. The van der Waals surface area contributed by atoms with Gasteiger partial charge in [-0.1, -0.05) is 24.3 Å². The number of nitrogens with one attached hydrogen (secondary N) is 1. The number of rotatable bonds is 5. The van der Waals surface area contributed by atoms with E-state index in [0.717, 1.165) is 19.5 Å². The van der Waals surface area contributed by atoms with Gasteiger partial charge in [0.15, 0.2) is 0 Å². The highest BCUT2D eigenvalue weighted by atomic mass is 19.1. The van der Waals surface area contributed by atoms with E-state index in [-0.39, 0.29) is 11.1 Å². The van der Waals surface area contributed by atoms with Gasteiger partial charge < -0.3 is 10.1 Å². The molecular formula is C21H25FN2O2. The molecule has 1 aliphatic rings. The van der Waals surface area contributed by atoms with Gasteiger partial charge in [0.25, 0.3) is 5.91 Å². The van der Waals surface area contributed by atoms with Crippen LogP contribution in [0.5, 0.6) is 5.75 Å². The van der Waals surface area contributed by atoms with Gasteiger partial charge in [0.1, 0.15) is 11.6 Å². The Labute approximate surface area is 154 Å². The zero-order chi connectivity index (χ0) is 18.7. The van der Waals surface area contributed by atoms with Crippen LogP contribution in [0.4, 0.5) is 4.39 Å². The molecule has 138 valence electrons. The molecule has 2 aromatic carbocycles. The van der Waals surface area contributed by atoms with Crippen molar-refractivity contribution in [2.24, 2.45) is 0 Å². The summed E-state index contributed by atoms with van der Waals surface area (Å²) in [6, 6.07) is 12.7. The molecule has 0 bridgehead atoms. The molecule has 1 heterocycles. The molecule has 0 spiro atoms. The maximum atomic E-state index is 14.1. The number of ether oxygens (including phenoxy) is 1. The number of amides is 1. The molecule has 0 aromatic heterocycles. The Balaban J connectivity index is 1.64. The summed E-state index contributed by atoms with van der Waals surface area (Å²) in [6.07, 6.45) is 1.00. The largest absolute Gasteiger partial charge is 0.497 e. The van der Waals surface area contributed by atoms with Gasteiger partial charge in [-0.25, -0.2) is 4.39 Å². The molecule has 1 amide bonds. The van der Waals surface area contributed by atoms with Gasteiger partial charge in [-0.15, -0.1) is 0 Å². The molecular weight excluding hydrogens is 331 g/mol. The van der Waals surface area contributed by atoms with Gasteiger partial charge in [0, 0.05) is 31.2 Å². The molecule has 5 heteroatoms. The molecule has 0 unspecified atom stereocenters. The van der Waals surface area contributed by atoms with Crippen molar-refractivity contribution in [3.63, 3.8) is 0 Å². The Morgan fingerprint density at radius 3 is 2.65 bits per heavy atom. The Morgan fingerprint density at radius 2 is 1.96 bits per heavy atom. The van der Waals surface area contributed by atoms with E-state index < -0.39 is 11.7 Å². The van der Waals surface area contributed by atoms with E-state index in [1.807, 2.05) is 0 Å². The fraction of sp³-hybridized carbons (Fsp3) is 0.381. The van der Waals surface area contributed by atoms with Crippen molar-refractivity contribution in [1.82, 2.24) is 10.2 Å². The molecule has 0 atom stereocenters. The molecule has 0 saturated heterocycles. The van der Waals surface area contributed by atoms with Crippen molar-refractivity contribution in [2.75, 3.05) is 20.2 Å². The minimum Gasteiger partial charge on any atom is -0.497 e. The third kappa shape index (κ3) is 3.88. The highest BCUT2D eigenvalue weighted by Gasteiger charge is 2.30. The van der Waals surface area contributed by atoms with Crippen molar-refractivity contribution in [1.29, 1.82) is 0 Å². The van der Waals surface area contributed by atoms with E-state index in [4.69, 9.17) is 4.74 Å². The number of hydrogen-bond acceptors (Lipinski definition) is 3. The van der Waals surface area contributed by atoms with Gasteiger partial charge >= 0.3 is 0 Å². The SMILES string of the molecule is COc1ccc(C(=O)NCC(C)(C)N2CCc3ccccc3C2)c(F)c1. The predicted octanol–water partition coefficient (Wildman–Crippen LogP) is 3.40. The van der Waals surface area contributed by atoms with Crippen LogP contribution in [-0.4, -0.2) is 36.5 Å². The molecule has 0 radical (unpaired) electrons. The molecule has 3 rings (SSSR count). The minimum absolute atomic E-state index is 0.0330. The Morgan fingerprint density at radius 1 is 1.23 bits per heavy atom. The fourth-order valence-electron chi connectivity index (χ4n) is 3.32. The summed E-state index contributed by atoms with van der Waals surface area (Å²) in [5.41, 5.74) is 2.53. The van der Waals surface area contributed by atoms with Crippen LogP contribution in [0.1, 0.15) is 35.3 Å². The lowest BCUT2D eigenvalue weighted by molar-refractivity contribution is 0.0823. The van der Waals surface area contributed by atoms with Crippen LogP contribution in [0.25, 0.3) is 0 Å². The van der Waals surface area contributed by atoms with Gasteiger partial charge in [-0.2, -0.15) is 0 Å². The number of benzene rings is 2. The summed E-state index contributed by atoms with van der Waals surface area (Å²) >= 11 is 0. The Bertz CT molecular complexity index is 804. The van der Waals surface area contributed by atoms with Crippen LogP contribution >= 0.6 is 0 Å². The number of fused-ring (bicyclic) bond motifs is 1. The number of methoxy groups -OCH3 is 1. The zero-order valence-corrected chi connectivity index (χ0v) is 15.5. The molecule has 1 N–H and O–H groups in total. The third-order valence-electron chi connectivity index (χ3n) is 5.09. The van der Waals surface area contributed by atoms with E-state index in [2.05, 4.69) is 48.3 Å². The molecule has 0 aliphatic carbocycles. The summed E-state index contributed by atoms with van der Waals surface area (Å²) in [5.74, 6) is -0.589. The third-order valence-corrected chi connectivity index (χ3v) is 5.09. The van der Waals surface area contributed by atoms with Crippen molar-refractivity contribution in [3.8, 4) is 5.75 Å². The maximum Gasteiger partial charge on any atom is 0.254 e. The number of carbonyl (C=O) groups is 1. The molecule has 1 aliphatic heterocycles. The first-order valence-corrected chi connectivity index (χ1v) is 8.84. The standard InChI is InChI=1S/C21H25FN2O2/c1-21(2,24-11-10-15-6-4-5-7-16(15)13-24)14-23-20(25)18-9-8-17(26-3)12-19(18)22/h4-9,12H,10-11,13-14H2,1-3H3,(H,23,25). The number of nitrogens with zero attached hydrogens (tertiary/aromatic N) is 1. The average Bonchev–Trinajstić information content (AvgIpc) is 2.65. The lowest BCUT2D eigenvalue weighted by atomic mass is 9.94. The highest BCUT2D eigenvalue weighted by molar-refractivity contribution is 5.94. The van der Waals surface area contributed by atoms with Crippen LogP contribution in [0.2, 0.25) is 0 Å². The van der Waals surface area contributed by atoms with Crippen molar-refractivity contribution < 1.29 is 13.9 Å². The Hall–Kier alpha value is -2.40. The normalized spacial score (nSPS) is 14.6. The second-order valence-electron chi connectivity index (χ2n) is 7.28. The highest BCUT2D eigenvalue weighted by Crippen LogP contribution is 2.25. The zero-order valence-electron chi connectivity index (χ0n) is 15.5. The molecule has 2 aromatic rings. The van der Waals surface area contributed by atoms with Crippen molar-refractivity contribution in [2.45, 2.75) is 32.4 Å². The van der Waals surface area contributed by atoms with Gasteiger partial charge in [0.2, 0.25) is 0 Å². The lowest BCUT2D eigenvalue weighted by Gasteiger charge is -2.41. The second-order valence-corrected chi connectivity index (χ2v) is 7.28. The first-order chi connectivity index (χ1) is 12.4. The average molecular weight is 356 g/mol. The summed E-state index contributed by atoms with van der Waals surface area (Å²) < 4.78 is 19.0. The second kappa shape index (κ2) is 7.46. The molecule has 26 heavy (non-hydrogen) atoms. The topological polar surface area (TPSA) is 41.6 Å². The van der Waals surface area contributed by atoms with Crippen LogP contribution in [-0.2, 0) is 13.0 Å². The van der Waals surface area contributed by atoms with Crippen molar-refractivity contribution in [3.05, 3.63) is 65.0 Å². The summed E-state index contributed by atoms with van der Waals surface area (Å²) in [4.78, 5) is 14.7. The Kier molecular flexibility index (Phi) is 5.28. The number of hydrogen-bond donors (Lipinski definition) is 1. The summed E-state index contributed by atoms with van der Waals surface area (Å²) in [5, 5.41) is 2.88. The molecule has 0 fully saturated rings. The van der Waals surface area contributed by atoms with Crippen molar-refractivity contribution >= 4 is 5.91 Å². The van der Waals surface area contributed by atoms with Crippen LogP contribution in [0, 0.1) is 5.82 Å². The van der Waals surface area contributed by atoms with E-state index in [1.165, 1.54) is 30.4 Å². The van der Waals surface area contributed by atoms with Crippen LogP contribution in [0.3, 0.4) is 0 Å². The smallest absolute Gasteiger partial charge is 0.254 e. The van der Waals surface area contributed by atoms with Gasteiger partial charge in [0.05, 0.1) is 12.7 Å². The summed E-state index contributed by atoms with van der Waals surface area (Å²) in [7, 11) is 1.47. The molecule has 4 nitrogen and oxygen atoms in total. The first-order valence-electron chi connectivity index (χ1n) is 8.84. The van der Waals surface area contributed by atoms with E-state index in [1.54, 1.807) is 6.07 Å². The maximum absolute atomic E-state index is 14.1. The quantitative estimate of drug-likeness (QED) is 0.893. The number of halogens is 1. The van der Waals surface area contributed by atoms with Gasteiger partial charge in [-0.05, 0) is 43.5 Å². The van der Waals surface area contributed by atoms with Gasteiger partial charge in [-0.3, -0.25) is 9.69 Å². The first kappa shape index (κ1) is 18.4. The lowest BCUT2D eigenvalue weighted by Crippen LogP contribution is -2.53.